The number of para-hydroxylation sites is 1. The minimum atomic E-state index is 0.511. The number of pyridine rings is 2. The van der Waals surface area contributed by atoms with Gasteiger partial charge in [0.15, 0.2) is 0 Å². The Morgan fingerprint density at radius 2 is 1.58 bits per heavy atom. The van der Waals surface area contributed by atoms with Crippen LogP contribution in [0.1, 0.15) is 0 Å². The number of nitrogens with zero attached hydrogens (tertiary/aromatic N) is 4. The second kappa shape index (κ2) is 7.22. The maximum atomic E-state index is 6.33. The fourth-order valence-electron chi connectivity index (χ4n) is 3.28. The second-order valence-corrected chi connectivity index (χ2v) is 6.68. The van der Waals surface area contributed by atoms with Crippen molar-refractivity contribution in [1.29, 1.82) is 0 Å². The lowest BCUT2D eigenvalue weighted by atomic mass is 10.2. The molecule has 2 N–H and O–H groups in total. The Balaban J connectivity index is 1.53. The van der Waals surface area contributed by atoms with Crippen molar-refractivity contribution < 1.29 is 0 Å². The molecule has 0 aliphatic carbocycles. The van der Waals surface area contributed by atoms with Crippen LogP contribution in [0.15, 0.2) is 60.8 Å². The van der Waals surface area contributed by atoms with Crippen molar-refractivity contribution in [1.82, 2.24) is 9.97 Å². The number of hydrogen-bond donors (Lipinski definition) is 1. The summed E-state index contributed by atoms with van der Waals surface area (Å²) in [4.78, 5) is 13.5. The summed E-state index contributed by atoms with van der Waals surface area (Å²) in [6.45, 7) is 3.61. The highest BCUT2D eigenvalue weighted by Gasteiger charge is 2.20. The van der Waals surface area contributed by atoms with Crippen LogP contribution in [0.2, 0.25) is 5.02 Å². The second-order valence-electron chi connectivity index (χ2n) is 6.28. The van der Waals surface area contributed by atoms with Gasteiger partial charge >= 0.3 is 0 Å². The van der Waals surface area contributed by atoms with Gasteiger partial charge in [-0.25, -0.2) is 4.98 Å². The molecule has 2 aromatic heterocycles. The van der Waals surface area contributed by atoms with Gasteiger partial charge in [0.1, 0.15) is 5.82 Å². The third kappa shape index (κ3) is 3.44. The van der Waals surface area contributed by atoms with E-state index in [9.17, 15) is 0 Å². The molecule has 132 valence electrons. The number of benzene rings is 1. The monoisotopic (exact) mass is 365 g/mol. The van der Waals surface area contributed by atoms with E-state index in [1.807, 2.05) is 42.5 Å². The molecule has 0 amide bonds. The Kier molecular flexibility index (Phi) is 4.63. The quantitative estimate of drug-likeness (QED) is 0.766. The Hall–Kier alpha value is -2.79. The number of halogens is 1. The molecule has 0 spiro atoms. The van der Waals surface area contributed by atoms with Crippen molar-refractivity contribution in [2.45, 2.75) is 0 Å². The van der Waals surface area contributed by atoms with E-state index >= 15 is 0 Å². The first-order chi connectivity index (χ1) is 12.7. The van der Waals surface area contributed by atoms with Gasteiger partial charge < -0.3 is 15.5 Å². The van der Waals surface area contributed by atoms with Crippen molar-refractivity contribution >= 4 is 28.8 Å². The summed E-state index contributed by atoms with van der Waals surface area (Å²) in [5.74, 6) is 0.511. The maximum Gasteiger partial charge on any atom is 0.126 e. The normalized spacial score (nSPS) is 14.5. The van der Waals surface area contributed by atoms with Crippen LogP contribution in [0.3, 0.4) is 0 Å². The highest BCUT2D eigenvalue weighted by Crippen LogP contribution is 2.29. The van der Waals surface area contributed by atoms with E-state index in [4.69, 9.17) is 17.3 Å². The van der Waals surface area contributed by atoms with Gasteiger partial charge in [-0.3, -0.25) is 4.98 Å². The van der Waals surface area contributed by atoms with Crippen LogP contribution in [0.5, 0.6) is 0 Å². The minimum absolute atomic E-state index is 0.511. The van der Waals surface area contributed by atoms with Crippen molar-refractivity contribution in [2.75, 3.05) is 41.7 Å². The van der Waals surface area contributed by atoms with Gasteiger partial charge in [0, 0.05) is 44.1 Å². The van der Waals surface area contributed by atoms with E-state index in [0.717, 1.165) is 54.0 Å². The molecule has 0 atom stereocenters. The average Bonchev–Trinajstić information content (AvgIpc) is 2.69. The van der Waals surface area contributed by atoms with Gasteiger partial charge in [0.25, 0.3) is 0 Å². The molecular formula is C20H20ClN5. The van der Waals surface area contributed by atoms with Crippen LogP contribution in [0, 0.1) is 0 Å². The van der Waals surface area contributed by atoms with Gasteiger partial charge in [-0.05, 0) is 30.3 Å². The number of rotatable bonds is 3. The zero-order chi connectivity index (χ0) is 17.9. The Morgan fingerprint density at radius 1 is 0.846 bits per heavy atom. The largest absolute Gasteiger partial charge is 0.384 e. The standard InChI is InChI=1S/C20H20ClN5/c21-16-5-1-2-7-19(16)26-11-9-25(10-12-26)15-13-18(24-20(22)14-15)17-6-3-4-8-23-17/h1-8,13-14H,9-12H2,(H2,22,24). The summed E-state index contributed by atoms with van der Waals surface area (Å²) in [6.07, 6.45) is 1.77. The molecule has 26 heavy (non-hydrogen) atoms. The van der Waals surface area contributed by atoms with Gasteiger partial charge in [0.2, 0.25) is 0 Å². The molecule has 6 heteroatoms. The fraction of sp³-hybridized carbons (Fsp3) is 0.200. The summed E-state index contributed by atoms with van der Waals surface area (Å²) in [5, 5.41) is 0.798. The third-order valence-corrected chi connectivity index (χ3v) is 4.91. The molecule has 1 aliphatic heterocycles. The van der Waals surface area contributed by atoms with E-state index in [1.165, 1.54) is 0 Å². The zero-order valence-corrected chi connectivity index (χ0v) is 15.1. The van der Waals surface area contributed by atoms with Gasteiger partial charge in [-0.1, -0.05) is 29.8 Å². The van der Waals surface area contributed by atoms with Crippen molar-refractivity contribution in [3.05, 3.63) is 65.8 Å². The molecule has 3 heterocycles. The molecule has 1 fully saturated rings. The van der Waals surface area contributed by atoms with Crippen molar-refractivity contribution in [2.24, 2.45) is 0 Å². The first kappa shape index (κ1) is 16.7. The maximum absolute atomic E-state index is 6.33. The summed E-state index contributed by atoms with van der Waals surface area (Å²) >= 11 is 6.33. The van der Waals surface area contributed by atoms with Crippen LogP contribution < -0.4 is 15.5 Å². The Bertz CT molecular complexity index is 892. The number of nitrogens with two attached hydrogens (primary N) is 1. The lowest BCUT2D eigenvalue weighted by Gasteiger charge is -2.37. The van der Waals surface area contributed by atoms with Crippen LogP contribution >= 0.6 is 11.6 Å². The molecule has 0 unspecified atom stereocenters. The van der Waals surface area contributed by atoms with E-state index in [1.54, 1.807) is 6.20 Å². The summed E-state index contributed by atoms with van der Waals surface area (Å²) in [7, 11) is 0. The molecule has 5 nitrogen and oxygen atoms in total. The average molecular weight is 366 g/mol. The fourth-order valence-corrected chi connectivity index (χ4v) is 3.53. The van der Waals surface area contributed by atoms with Gasteiger partial charge in [0.05, 0.1) is 22.1 Å². The molecule has 0 bridgehead atoms. The van der Waals surface area contributed by atoms with E-state index in [0.29, 0.717) is 5.82 Å². The molecule has 4 rings (SSSR count). The summed E-state index contributed by atoms with van der Waals surface area (Å²) < 4.78 is 0. The van der Waals surface area contributed by atoms with E-state index in [-0.39, 0.29) is 0 Å². The SMILES string of the molecule is Nc1cc(N2CCN(c3ccccc3Cl)CC2)cc(-c2ccccn2)n1. The predicted octanol–water partition coefficient (Wildman–Crippen LogP) is 3.71. The highest BCUT2D eigenvalue weighted by atomic mass is 35.5. The molecule has 0 radical (unpaired) electrons. The predicted molar refractivity (Wildman–Crippen MR) is 108 cm³/mol. The number of piperazine rings is 1. The van der Waals surface area contributed by atoms with Crippen LogP contribution in [-0.4, -0.2) is 36.1 Å². The topological polar surface area (TPSA) is 58.3 Å². The van der Waals surface area contributed by atoms with Crippen LogP contribution in [0.25, 0.3) is 11.4 Å². The highest BCUT2D eigenvalue weighted by molar-refractivity contribution is 6.33. The first-order valence-electron chi connectivity index (χ1n) is 8.64. The smallest absolute Gasteiger partial charge is 0.126 e. The number of anilines is 3. The number of aromatic nitrogens is 2. The van der Waals surface area contributed by atoms with Crippen molar-refractivity contribution in [3.63, 3.8) is 0 Å². The van der Waals surface area contributed by atoms with E-state index in [2.05, 4.69) is 31.9 Å². The molecule has 3 aromatic rings. The number of nitrogen functional groups attached to an aromatic ring is 1. The lowest BCUT2D eigenvalue weighted by Crippen LogP contribution is -2.46. The summed E-state index contributed by atoms with van der Waals surface area (Å²) in [5.41, 5.74) is 9.85. The third-order valence-electron chi connectivity index (χ3n) is 4.60. The lowest BCUT2D eigenvalue weighted by molar-refractivity contribution is 0.653. The van der Waals surface area contributed by atoms with Gasteiger partial charge in [-0.15, -0.1) is 0 Å². The minimum Gasteiger partial charge on any atom is -0.384 e. The molecule has 1 saturated heterocycles. The molecule has 1 aromatic carbocycles. The molecule has 0 saturated carbocycles. The van der Waals surface area contributed by atoms with Gasteiger partial charge in [-0.2, -0.15) is 0 Å². The molecular weight excluding hydrogens is 346 g/mol. The zero-order valence-electron chi connectivity index (χ0n) is 14.3. The molecule has 1 aliphatic rings. The van der Waals surface area contributed by atoms with Crippen LogP contribution in [0.4, 0.5) is 17.2 Å². The Morgan fingerprint density at radius 3 is 2.31 bits per heavy atom. The first-order valence-corrected chi connectivity index (χ1v) is 9.02. The van der Waals surface area contributed by atoms with E-state index < -0.39 is 0 Å². The number of hydrogen-bond acceptors (Lipinski definition) is 5. The Labute approximate surface area is 158 Å². The van der Waals surface area contributed by atoms with Crippen molar-refractivity contribution in [3.8, 4) is 11.4 Å². The summed E-state index contributed by atoms with van der Waals surface area (Å²) in [6, 6.07) is 17.8. The van der Waals surface area contributed by atoms with Crippen LogP contribution in [-0.2, 0) is 0 Å².